The summed E-state index contributed by atoms with van der Waals surface area (Å²) in [6.45, 7) is 2.12. The summed E-state index contributed by atoms with van der Waals surface area (Å²) >= 11 is 0. The van der Waals surface area contributed by atoms with Gasteiger partial charge in [-0.3, -0.25) is 4.79 Å². The molecule has 0 unspecified atom stereocenters. The van der Waals surface area contributed by atoms with Gasteiger partial charge < -0.3 is 21.3 Å². The molecule has 0 heterocycles. The molecule has 0 bridgehead atoms. The summed E-state index contributed by atoms with van der Waals surface area (Å²) in [5.41, 5.74) is 5.59. The predicted octanol–water partition coefficient (Wildman–Crippen LogP) is -0.544. The number of aliphatic hydroxyl groups excluding tert-OH is 1. The SMILES string of the molecule is CCCC[C@H](N)C(=O)NCC[C@H](O)C(=O)O. The van der Waals surface area contributed by atoms with Gasteiger partial charge >= 0.3 is 5.97 Å². The zero-order valence-corrected chi connectivity index (χ0v) is 9.48. The van der Waals surface area contributed by atoms with E-state index in [0.717, 1.165) is 12.8 Å². The molecule has 16 heavy (non-hydrogen) atoms. The van der Waals surface area contributed by atoms with Gasteiger partial charge in [0.1, 0.15) is 0 Å². The molecule has 0 saturated carbocycles. The van der Waals surface area contributed by atoms with Crippen LogP contribution in [0.15, 0.2) is 0 Å². The second-order valence-electron chi connectivity index (χ2n) is 3.68. The Kier molecular flexibility index (Phi) is 7.49. The van der Waals surface area contributed by atoms with Crippen LogP contribution >= 0.6 is 0 Å². The summed E-state index contributed by atoms with van der Waals surface area (Å²) in [6, 6.07) is -0.554. The fraction of sp³-hybridized carbons (Fsp3) is 0.800. The van der Waals surface area contributed by atoms with E-state index in [4.69, 9.17) is 15.9 Å². The normalized spacial score (nSPS) is 14.2. The maximum atomic E-state index is 11.3. The Hall–Kier alpha value is -1.14. The quantitative estimate of drug-likeness (QED) is 0.449. The van der Waals surface area contributed by atoms with E-state index < -0.39 is 18.1 Å². The summed E-state index contributed by atoms with van der Waals surface area (Å²) in [7, 11) is 0. The van der Waals surface area contributed by atoms with E-state index in [1.807, 2.05) is 6.92 Å². The van der Waals surface area contributed by atoms with Gasteiger partial charge in [0.05, 0.1) is 6.04 Å². The topological polar surface area (TPSA) is 113 Å². The average molecular weight is 232 g/mol. The lowest BCUT2D eigenvalue weighted by Gasteiger charge is -2.12. The summed E-state index contributed by atoms with van der Waals surface area (Å²) in [6.07, 6.45) is 1.02. The van der Waals surface area contributed by atoms with Crippen LogP contribution in [0.3, 0.4) is 0 Å². The molecule has 0 spiro atoms. The number of carboxylic acid groups (broad SMARTS) is 1. The molecule has 1 amide bonds. The van der Waals surface area contributed by atoms with Gasteiger partial charge in [-0.25, -0.2) is 4.79 Å². The van der Waals surface area contributed by atoms with Crippen LogP contribution in [0.4, 0.5) is 0 Å². The Morgan fingerprint density at radius 1 is 1.38 bits per heavy atom. The number of aliphatic hydroxyl groups is 1. The first kappa shape index (κ1) is 14.9. The molecule has 0 aromatic rings. The summed E-state index contributed by atoms with van der Waals surface area (Å²) in [4.78, 5) is 21.6. The molecule has 2 atom stereocenters. The predicted molar refractivity (Wildman–Crippen MR) is 58.8 cm³/mol. The summed E-state index contributed by atoms with van der Waals surface area (Å²) in [5.74, 6) is -1.59. The van der Waals surface area contributed by atoms with Crippen molar-refractivity contribution in [1.29, 1.82) is 0 Å². The molecule has 0 fully saturated rings. The minimum Gasteiger partial charge on any atom is -0.479 e. The fourth-order valence-corrected chi connectivity index (χ4v) is 1.14. The van der Waals surface area contributed by atoms with Crippen molar-refractivity contribution in [2.24, 2.45) is 5.73 Å². The fourth-order valence-electron chi connectivity index (χ4n) is 1.14. The molecule has 0 rings (SSSR count). The number of carbonyl (C=O) groups is 2. The van der Waals surface area contributed by atoms with Gasteiger partial charge in [-0.2, -0.15) is 0 Å². The van der Waals surface area contributed by atoms with E-state index in [0.29, 0.717) is 6.42 Å². The van der Waals surface area contributed by atoms with Crippen molar-refractivity contribution in [3.63, 3.8) is 0 Å². The van der Waals surface area contributed by atoms with Gasteiger partial charge in [0, 0.05) is 13.0 Å². The van der Waals surface area contributed by atoms with Crippen LogP contribution in [0, 0.1) is 0 Å². The van der Waals surface area contributed by atoms with Gasteiger partial charge in [0.25, 0.3) is 0 Å². The third kappa shape index (κ3) is 6.36. The third-order valence-corrected chi connectivity index (χ3v) is 2.21. The number of hydrogen-bond acceptors (Lipinski definition) is 4. The van der Waals surface area contributed by atoms with Crippen molar-refractivity contribution < 1.29 is 19.8 Å². The standard InChI is InChI=1S/C10H20N2O4/c1-2-3-4-7(11)9(14)12-6-5-8(13)10(15)16/h7-8,13H,2-6,11H2,1H3,(H,12,14)(H,15,16)/t7-,8-/m0/s1. The first-order valence-electron chi connectivity index (χ1n) is 5.43. The number of carboxylic acids is 1. The number of rotatable bonds is 8. The maximum absolute atomic E-state index is 11.3. The Labute approximate surface area is 94.8 Å². The van der Waals surface area contributed by atoms with Gasteiger partial charge in [-0.05, 0) is 6.42 Å². The molecule has 0 saturated heterocycles. The van der Waals surface area contributed by atoms with Crippen LogP contribution in [-0.2, 0) is 9.59 Å². The van der Waals surface area contributed by atoms with E-state index >= 15 is 0 Å². The highest BCUT2D eigenvalue weighted by Gasteiger charge is 2.15. The molecule has 0 radical (unpaired) electrons. The van der Waals surface area contributed by atoms with E-state index in [9.17, 15) is 9.59 Å². The van der Waals surface area contributed by atoms with E-state index in [1.54, 1.807) is 0 Å². The van der Waals surface area contributed by atoms with Crippen LogP contribution in [0.2, 0.25) is 0 Å². The smallest absolute Gasteiger partial charge is 0.332 e. The Balaban J connectivity index is 3.68. The molecular formula is C10H20N2O4. The lowest BCUT2D eigenvalue weighted by Crippen LogP contribution is -2.41. The van der Waals surface area contributed by atoms with Crippen molar-refractivity contribution >= 4 is 11.9 Å². The lowest BCUT2D eigenvalue weighted by molar-refractivity contribution is -0.147. The minimum atomic E-state index is -1.44. The van der Waals surface area contributed by atoms with E-state index in [1.165, 1.54) is 0 Å². The van der Waals surface area contributed by atoms with Gasteiger partial charge in [-0.15, -0.1) is 0 Å². The lowest BCUT2D eigenvalue weighted by atomic mass is 10.1. The first-order valence-corrected chi connectivity index (χ1v) is 5.43. The number of hydrogen-bond donors (Lipinski definition) is 4. The van der Waals surface area contributed by atoms with Gasteiger partial charge in [-0.1, -0.05) is 19.8 Å². The second-order valence-corrected chi connectivity index (χ2v) is 3.68. The average Bonchev–Trinajstić information content (AvgIpc) is 2.25. The molecule has 0 aliphatic heterocycles. The molecule has 0 aliphatic carbocycles. The highest BCUT2D eigenvalue weighted by atomic mass is 16.4. The second kappa shape index (κ2) is 8.06. The Bertz CT molecular complexity index is 233. The van der Waals surface area contributed by atoms with Crippen molar-refractivity contribution in [1.82, 2.24) is 5.32 Å². The molecule has 5 N–H and O–H groups in total. The molecule has 94 valence electrons. The van der Waals surface area contributed by atoms with Crippen LogP contribution in [-0.4, -0.2) is 40.8 Å². The number of nitrogens with one attached hydrogen (secondary N) is 1. The molecule has 0 aliphatic rings. The van der Waals surface area contributed by atoms with Crippen LogP contribution in [0.5, 0.6) is 0 Å². The zero-order valence-electron chi connectivity index (χ0n) is 9.48. The molecule has 6 nitrogen and oxygen atoms in total. The van der Waals surface area contributed by atoms with Crippen molar-refractivity contribution in [2.75, 3.05) is 6.54 Å². The number of amides is 1. The Morgan fingerprint density at radius 2 is 2.00 bits per heavy atom. The summed E-state index contributed by atoms with van der Waals surface area (Å²) in [5, 5.41) is 19.8. The van der Waals surface area contributed by atoms with Crippen LogP contribution in [0.1, 0.15) is 32.6 Å². The summed E-state index contributed by atoms with van der Waals surface area (Å²) < 4.78 is 0. The number of aliphatic carboxylic acids is 1. The highest BCUT2D eigenvalue weighted by molar-refractivity contribution is 5.81. The van der Waals surface area contributed by atoms with Gasteiger partial charge in [0.15, 0.2) is 6.10 Å². The van der Waals surface area contributed by atoms with E-state index in [-0.39, 0.29) is 18.9 Å². The maximum Gasteiger partial charge on any atom is 0.332 e. The Morgan fingerprint density at radius 3 is 2.50 bits per heavy atom. The zero-order chi connectivity index (χ0) is 12.6. The van der Waals surface area contributed by atoms with Gasteiger partial charge in [0.2, 0.25) is 5.91 Å². The van der Waals surface area contributed by atoms with Crippen molar-refractivity contribution in [3.05, 3.63) is 0 Å². The number of unbranched alkanes of at least 4 members (excludes halogenated alkanes) is 1. The largest absolute Gasteiger partial charge is 0.479 e. The van der Waals surface area contributed by atoms with E-state index in [2.05, 4.69) is 5.32 Å². The number of carbonyl (C=O) groups excluding carboxylic acids is 1. The third-order valence-electron chi connectivity index (χ3n) is 2.21. The highest BCUT2D eigenvalue weighted by Crippen LogP contribution is 1.98. The van der Waals surface area contributed by atoms with Crippen LogP contribution < -0.4 is 11.1 Å². The van der Waals surface area contributed by atoms with Crippen LogP contribution in [0.25, 0.3) is 0 Å². The minimum absolute atomic E-state index is 0.0123. The van der Waals surface area contributed by atoms with Crippen molar-refractivity contribution in [2.45, 2.75) is 44.8 Å². The molecule has 0 aromatic heterocycles. The first-order chi connectivity index (χ1) is 7.49. The van der Waals surface area contributed by atoms with Crippen molar-refractivity contribution in [3.8, 4) is 0 Å². The molecule has 0 aromatic carbocycles. The molecular weight excluding hydrogens is 212 g/mol. The molecule has 6 heteroatoms. The number of nitrogens with two attached hydrogens (primary N) is 1. The monoisotopic (exact) mass is 232 g/mol.